The van der Waals surface area contributed by atoms with Crippen LogP contribution in [0.4, 0.5) is 5.69 Å². The van der Waals surface area contributed by atoms with Crippen LogP contribution >= 0.6 is 0 Å². The molecule has 3 heterocycles. The van der Waals surface area contributed by atoms with Crippen molar-refractivity contribution < 1.29 is 0 Å². The Morgan fingerprint density at radius 1 is 0.895 bits per heavy atom. The molecule has 0 unspecified atom stereocenters. The lowest BCUT2D eigenvalue weighted by Crippen LogP contribution is -2.44. The zero-order valence-electron chi connectivity index (χ0n) is 11.2. The summed E-state index contributed by atoms with van der Waals surface area (Å²) in [5.74, 6) is 0. The average molecular weight is 254 g/mol. The number of pyridine rings is 2. The first-order valence-electron chi connectivity index (χ1n) is 6.62. The maximum atomic E-state index is 4.38. The highest BCUT2D eigenvalue weighted by Gasteiger charge is 2.14. The molecular weight excluding hydrogens is 236 g/mol. The van der Waals surface area contributed by atoms with Gasteiger partial charge in [-0.05, 0) is 30.8 Å². The molecule has 0 aromatic carbocycles. The van der Waals surface area contributed by atoms with E-state index in [1.165, 1.54) is 11.3 Å². The summed E-state index contributed by atoms with van der Waals surface area (Å²) in [4.78, 5) is 13.2. The van der Waals surface area contributed by atoms with Gasteiger partial charge in [0.2, 0.25) is 0 Å². The van der Waals surface area contributed by atoms with Crippen molar-refractivity contribution in [3.63, 3.8) is 0 Å². The van der Waals surface area contributed by atoms with E-state index < -0.39 is 0 Å². The van der Waals surface area contributed by atoms with Crippen LogP contribution in [0.3, 0.4) is 0 Å². The second-order valence-corrected chi connectivity index (χ2v) is 4.96. The van der Waals surface area contributed by atoms with Crippen LogP contribution in [0.1, 0.15) is 0 Å². The Labute approximate surface area is 113 Å². The van der Waals surface area contributed by atoms with Gasteiger partial charge < -0.3 is 9.80 Å². The highest BCUT2D eigenvalue weighted by Crippen LogP contribution is 2.23. The number of piperazine rings is 1. The smallest absolute Gasteiger partial charge is 0.0559 e. The molecule has 19 heavy (non-hydrogen) atoms. The maximum Gasteiger partial charge on any atom is 0.0559 e. The highest BCUT2D eigenvalue weighted by molar-refractivity contribution is 5.66. The maximum absolute atomic E-state index is 4.38. The normalized spacial score (nSPS) is 16.6. The molecule has 0 radical (unpaired) electrons. The second-order valence-electron chi connectivity index (χ2n) is 4.96. The van der Waals surface area contributed by atoms with Crippen LogP contribution in [-0.4, -0.2) is 48.1 Å². The number of hydrogen-bond acceptors (Lipinski definition) is 4. The number of aromatic nitrogens is 2. The zero-order valence-corrected chi connectivity index (χ0v) is 11.2. The van der Waals surface area contributed by atoms with Gasteiger partial charge in [-0.3, -0.25) is 9.97 Å². The summed E-state index contributed by atoms with van der Waals surface area (Å²) >= 11 is 0. The molecule has 1 aliphatic heterocycles. The molecule has 98 valence electrons. The molecule has 1 saturated heterocycles. The summed E-state index contributed by atoms with van der Waals surface area (Å²) < 4.78 is 0. The molecule has 4 heteroatoms. The third-order valence-corrected chi connectivity index (χ3v) is 3.61. The van der Waals surface area contributed by atoms with Crippen molar-refractivity contribution in [2.75, 3.05) is 38.1 Å². The van der Waals surface area contributed by atoms with Crippen molar-refractivity contribution >= 4 is 5.69 Å². The van der Waals surface area contributed by atoms with Crippen molar-refractivity contribution in [3.8, 4) is 11.1 Å². The molecule has 2 aromatic rings. The van der Waals surface area contributed by atoms with E-state index in [0.717, 1.165) is 31.7 Å². The van der Waals surface area contributed by atoms with Gasteiger partial charge in [0.1, 0.15) is 0 Å². The van der Waals surface area contributed by atoms with Crippen molar-refractivity contribution in [3.05, 3.63) is 43.0 Å². The lowest BCUT2D eigenvalue weighted by molar-refractivity contribution is 0.313. The summed E-state index contributed by atoms with van der Waals surface area (Å²) in [6.45, 7) is 4.36. The van der Waals surface area contributed by atoms with Crippen molar-refractivity contribution in [1.82, 2.24) is 14.9 Å². The molecule has 1 aliphatic rings. The minimum absolute atomic E-state index is 1.07. The van der Waals surface area contributed by atoms with Gasteiger partial charge in [-0.2, -0.15) is 0 Å². The van der Waals surface area contributed by atoms with E-state index in [1.807, 2.05) is 36.9 Å². The van der Waals surface area contributed by atoms with Crippen LogP contribution in [0.5, 0.6) is 0 Å². The van der Waals surface area contributed by atoms with Crippen LogP contribution in [0.2, 0.25) is 0 Å². The van der Waals surface area contributed by atoms with Crippen molar-refractivity contribution in [1.29, 1.82) is 0 Å². The van der Waals surface area contributed by atoms with E-state index >= 15 is 0 Å². The van der Waals surface area contributed by atoms with Gasteiger partial charge in [0.15, 0.2) is 0 Å². The first kappa shape index (κ1) is 12.1. The minimum Gasteiger partial charge on any atom is -0.368 e. The Balaban J connectivity index is 1.84. The topological polar surface area (TPSA) is 32.3 Å². The number of likely N-dealkylation sites (N-methyl/N-ethyl adjacent to an activating group) is 1. The van der Waals surface area contributed by atoms with Crippen LogP contribution < -0.4 is 4.90 Å². The average Bonchev–Trinajstić information content (AvgIpc) is 2.49. The highest BCUT2D eigenvalue weighted by atomic mass is 15.2. The largest absolute Gasteiger partial charge is 0.368 e. The van der Waals surface area contributed by atoms with Gasteiger partial charge in [0.05, 0.1) is 11.9 Å². The Bertz CT molecular complexity index is 533. The van der Waals surface area contributed by atoms with Gasteiger partial charge in [0, 0.05) is 50.3 Å². The summed E-state index contributed by atoms with van der Waals surface area (Å²) in [6.07, 6.45) is 7.50. The van der Waals surface area contributed by atoms with Crippen LogP contribution in [-0.2, 0) is 0 Å². The minimum atomic E-state index is 1.07. The number of rotatable bonds is 2. The van der Waals surface area contributed by atoms with Gasteiger partial charge in [-0.15, -0.1) is 0 Å². The molecular formula is C15H18N4. The summed E-state index contributed by atoms with van der Waals surface area (Å²) in [5.41, 5.74) is 3.53. The lowest BCUT2D eigenvalue weighted by Gasteiger charge is -2.34. The first-order valence-corrected chi connectivity index (χ1v) is 6.62. The molecule has 2 aromatic heterocycles. The molecule has 0 spiro atoms. The number of anilines is 1. The van der Waals surface area contributed by atoms with E-state index in [1.54, 1.807) is 0 Å². The molecule has 0 N–H and O–H groups in total. The van der Waals surface area contributed by atoms with Crippen LogP contribution in [0, 0.1) is 0 Å². The number of hydrogen-bond donors (Lipinski definition) is 0. The molecule has 0 amide bonds. The van der Waals surface area contributed by atoms with Gasteiger partial charge in [-0.25, -0.2) is 0 Å². The molecule has 1 fully saturated rings. The van der Waals surface area contributed by atoms with Gasteiger partial charge >= 0.3 is 0 Å². The summed E-state index contributed by atoms with van der Waals surface area (Å²) in [6, 6.07) is 6.25. The second kappa shape index (κ2) is 5.36. The van der Waals surface area contributed by atoms with Crippen LogP contribution in [0.15, 0.2) is 43.0 Å². The SMILES string of the molecule is CN1CCN(c2cncc(-c3ccncc3)c2)CC1. The Hall–Kier alpha value is -1.94. The lowest BCUT2D eigenvalue weighted by atomic mass is 10.1. The Kier molecular flexibility index (Phi) is 3.42. The molecule has 0 atom stereocenters. The molecule has 4 nitrogen and oxygen atoms in total. The molecule has 0 bridgehead atoms. The standard InChI is InChI=1S/C15H18N4/c1-18-6-8-19(9-7-18)15-10-14(11-17-12-15)13-2-4-16-5-3-13/h2-5,10-12H,6-9H2,1H3. The van der Waals surface area contributed by atoms with Crippen molar-refractivity contribution in [2.45, 2.75) is 0 Å². The van der Waals surface area contributed by atoms with Crippen molar-refractivity contribution in [2.24, 2.45) is 0 Å². The predicted molar refractivity (Wildman–Crippen MR) is 77.2 cm³/mol. The summed E-state index contributed by atoms with van der Waals surface area (Å²) in [7, 11) is 2.17. The Morgan fingerprint density at radius 2 is 1.63 bits per heavy atom. The van der Waals surface area contributed by atoms with E-state index in [0.29, 0.717) is 0 Å². The summed E-state index contributed by atoms with van der Waals surface area (Å²) in [5, 5.41) is 0. The quantitative estimate of drug-likeness (QED) is 0.819. The van der Waals surface area contributed by atoms with E-state index in [4.69, 9.17) is 0 Å². The first-order chi connectivity index (χ1) is 9.33. The third kappa shape index (κ3) is 2.74. The van der Waals surface area contributed by atoms with Gasteiger partial charge in [-0.1, -0.05) is 0 Å². The fourth-order valence-corrected chi connectivity index (χ4v) is 2.37. The fraction of sp³-hybridized carbons (Fsp3) is 0.333. The van der Waals surface area contributed by atoms with Crippen LogP contribution in [0.25, 0.3) is 11.1 Å². The molecule has 0 aliphatic carbocycles. The zero-order chi connectivity index (χ0) is 13.1. The monoisotopic (exact) mass is 254 g/mol. The van der Waals surface area contributed by atoms with E-state index in [2.05, 4.69) is 32.9 Å². The predicted octanol–water partition coefficient (Wildman–Crippen LogP) is 1.90. The Morgan fingerprint density at radius 3 is 2.37 bits per heavy atom. The number of nitrogens with zero attached hydrogens (tertiary/aromatic N) is 4. The van der Waals surface area contributed by atoms with E-state index in [-0.39, 0.29) is 0 Å². The molecule has 0 saturated carbocycles. The van der Waals surface area contributed by atoms with Gasteiger partial charge in [0.25, 0.3) is 0 Å². The van der Waals surface area contributed by atoms with E-state index in [9.17, 15) is 0 Å². The molecule has 3 rings (SSSR count). The fourth-order valence-electron chi connectivity index (χ4n) is 2.37. The third-order valence-electron chi connectivity index (χ3n) is 3.61.